The first-order valence-corrected chi connectivity index (χ1v) is 13.0. The van der Waals surface area contributed by atoms with Gasteiger partial charge in [-0.25, -0.2) is 4.68 Å². The van der Waals surface area contributed by atoms with Crippen molar-refractivity contribution in [3.63, 3.8) is 0 Å². The van der Waals surface area contributed by atoms with Crippen molar-refractivity contribution in [3.05, 3.63) is 116 Å². The first kappa shape index (κ1) is 25.2. The number of nitrogens with one attached hydrogen (secondary N) is 2. The SMILES string of the molecule is CC1=C(C(=O)Nc2cccc(C)c2C)C(c2ccc([N+](=O)[O-])cc2)n2nc(SCc3ccccc3)nc2N1. The van der Waals surface area contributed by atoms with Crippen LogP contribution in [0.2, 0.25) is 0 Å². The van der Waals surface area contributed by atoms with E-state index in [1.807, 2.05) is 69.3 Å². The maximum absolute atomic E-state index is 13.7. The van der Waals surface area contributed by atoms with Crippen LogP contribution in [0.1, 0.15) is 35.2 Å². The molecule has 1 aromatic heterocycles. The number of amides is 1. The molecule has 0 bridgehead atoms. The summed E-state index contributed by atoms with van der Waals surface area (Å²) in [4.78, 5) is 29.2. The van der Waals surface area contributed by atoms with E-state index in [2.05, 4.69) is 15.6 Å². The molecule has 0 saturated carbocycles. The van der Waals surface area contributed by atoms with Crippen molar-refractivity contribution >= 4 is 35.0 Å². The van der Waals surface area contributed by atoms with E-state index in [0.717, 1.165) is 22.4 Å². The van der Waals surface area contributed by atoms with Crippen LogP contribution in [0.25, 0.3) is 0 Å². The molecule has 1 unspecified atom stereocenters. The zero-order chi connectivity index (χ0) is 26.8. The van der Waals surface area contributed by atoms with E-state index < -0.39 is 11.0 Å². The van der Waals surface area contributed by atoms with Crippen LogP contribution < -0.4 is 10.6 Å². The van der Waals surface area contributed by atoms with Crippen LogP contribution in [0, 0.1) is 24.0 Å². The average Bonchev–Trinajstić information content (AvgIpc) is 3.32. The Bertz CT molecular complexity index is 1550. The number of non-ortho nitro benzene ring substituents is 1. The topological polar surface area (TPSA) is 115 Å². The van der Waals surface area contributed by atoms with Crippen LogP contribution in [0.4, 0.5) is 17.3 Å². The van der Waals surface area contributed by atoms with Crippen molar-refractivity contribution in [2.75, 3.05) is 10.6 Å². The van der Waals surface area contributed by atoms with Crippen molar-refractivity contribution in [2.24, 2.45) is 0 Å². The number of allylic oxidation sites excluding steroid dienone is 1. The Morgan fingerprint density at radius 1 is 1.05 bits per heavy atom. The number of hydrogen-bond donors (Lipinski definition) is 2. The summed E-state index contributed by atoms with van der Waals surface area (Å²) < 4.78 is 1.68. The van der Waals surface area contributed by atoms with Gasteiger partial charge in [0.1, 0.15) is 6.04 Å². The Balaban J connectivity index is 1.52. The molecule has 192 valence electrons. The van der Waals surface area contributed by atoms with Crippen molar-refractivity contribution < 1.29 is 9.72 Å². The third kappa shape index (κ3) is 5.03. The molecule has 9 nitrogen and oxygen atoms in total. The summed E-state index contributed by atoms with van der Waals surface area (Å²) in [5, 5.41) is 22.9. The summed E-state index contributed by atoms with van der Waals surface area (Å²) in [6.07, 6.45) is 0. The number of hydrogen-bond acceptors (Lipinski definition) is 7. The van der Waals surface area contributed by atoms with E-state index in [9.17, 15) is 14.9 Å². The molecule has 0 aliphatic carbocycles. The van der Waals surface area contributed by atoms with Crippen molar-refractivity contribution in [2.45, 2.75) is 37.7 Å². The van der Waals surface area contributed by atoms with Crippen molar-refractivity contribution in [1.82, 2.24) is 14.8 Å². The molecule has 1 amide bonds. The number of nitrogens with zero attached hydrogens (tertiary/aromatic N) is 4. The Hall–Kier alpha value is -4.44. The molecule has 38 heavy (non-hydrogen) atoms. The maximum Gasteiger partial charge on any atom is 0.269 e. The minimum atomic E-state index is -0.629. The largest absolute Gasteiger partial charge is 0.328 e. The summed E-state index contributed by atoms with van der Waals surface area (Å²) in [5.74, 6) is 0.912. The lowest BCUT2D eigenvalue weighted by Crippen LogP contribution is -2.31. The summed E-state index contributed by atoms with van der Waals surface area (Å²) in [5.41, 5.74) is 5.68. The van der Waals surface area contributed by atoms with Crippen LogP contribution in [0.3, 0.4) is 0 Å². The highest BCUT2D eigenvalue weighted by molar-refractivity contribution is 7.98. The first-order valence-electron chi connectivity index (χ1n) is 12.0. The molecule has 0 fully saturated rings. The van der Waals surface area contributed by atoms with E-state index >= 15 is 0 Å². The zero-order valence-corrected chi connectivity index (χ0v) is 22.0. The van der Waals surface area contributed by atoms with E-state index in [1.54, 1.807) is 16.8 Å². The van der Waals surface area contributed by atoms with Gasteiger partial charge in [-0.2, -0.15) is 4.98 Å². The molecular weight excluding hydrogens is 500 g/mol. The number of aryl methyl sites for hydroxylation is 1. The zero-order valence-electron chi connectivity index (χ0n) is 21.1. The highest BCUT2D eigenvalue weighted by Gasteiger charge is 2.35. The normalized spacial score (nSPS) is 14.6. The number of carbonyl (C=O) groups is 1. The van der Waals surface area contributed by atoms with Gasteiger partial charge in [0.2, 0.25) is 11.1 Å². The van der Waals surface area contributed by atoms with Crippen LogP contribution in [-0.4, -0.2) is 25.6 Å². The van der Waals surface area contributed by atoms with Gasteiger partial charge in [0.25, 0.3) is 11.6 Å². The molecule has 3 aromatic carbocycles. The second-order valence-corrected chi connectivity index (χ2v) is 10.00. The number of carbonyl (C=O) groups excluding carboxylic acids is 1. The highest BCUT2D eigenvalue weighted by Crippen LogP contribution is 2.37. The van der Waals surface area contributed by atoms with Crippen molar-refractivity contribution in [1.29, 1.82) is 0 Å². The van der Waals surface area contributed by atoms with Gasteiger partial charge in [-0.3, -0.25) is 14.9 Å². The quantitative estimate of drug-likeness (QED) is 0.172. The van der Waals surface area contributed by atoms with Gasteiger partial charge in [0.05, 0.1) is 10.5 Å². The third-order valence-corrected chi connectivity index (χ3v) is 7.47. The number of nitro benzene ring substituents is 1. The fourth-order valence-corrected chi connectivity index (χ4v) is 5.16. The van der Waals surface area contributed by atoms with Gasteiger partial charge < -0.3 is 10.6 Å². The molecule has 1 aliphatic heterocycles. The lowest BCUT2D eigenvalue weighted by atomic mass is 9.94. The lowest BCUT2D eigenvalue weighted by molar-refractivity contribution is -0.384. The van der Waals surface area contributed by atoms with E-state index in [4.69, 9.17) is 5.10 Å². The predicted molar refractivity (Wildman–Crippen MR) is 148 cm³/mol. The van der Waals surface area contributed by atoms with Gasteiger partial charge >= 0.3 is 0 Å². The summed E-state index contributed by atoms with van der Waals surface area (Å²) >= 11 is 1.50. The smallest absolute Gasteiger partial charge is 0.269 e. The molecule has 1 aliphatic rings. The van der Waals surface area contributed by atoms with Crippen LogP contribution in [0.15, 0.2) is 89.2 Å². The first-order chi connectivity index (χ1) is 18.3. The minimum absolute atomic E-state index is 0.0253. The fourth-order valence-electron chi connectivity index (χ4n) is 4.37. The number of benzene rings is 3. The van der Waals surface area contributed by atoms with Crippen LogP contribution in [0.5, 0.6) is 0 Å². The number of nitro groups is 1. The second kappa shape index (κ2) is 10.5. The standard InChI is InChI=1S/C28H26N6O3S/c1-17-8-7-11-23(18(17)2)30-26(35)24-19(3)29-27-31-28(38-16-20-9-5-4-6-10-20)32-33(27)25(24)21-12-14-22(15-13-21)34(36)37/h4-15,25H,16H2,1-3H3,(H,30,35)(H,29,31,32). The Morgan fingerprint density at radius 3 is 2.50 bits per heavy atom. The molecule has 2 N–H and O–H groups in total. The summed E-state index contributed by atoms with van der Waals surface area (Å²) in [6, 6.07) is 21.4. The Kier molecular flexibility index (Phi) is 6.97. The minimum Gasteiger partial charge on any atom is -0.328 e. The fraction of sp³-hybridized carbons (Fsp3) is 0.179. The predicted octanol–water partition coefficient (Wildman–Crippen LogP) is 6.02. The lowest BCUT2D eigenvalue weighted by Gasteiger charge is -2.28. The van der Waals surface area contributed by atoms with Gasteiger partial charge in [0, 0.05) is 29.3 Å². The molecule has 4 aromatic rings. The van der Waals surface area contributed by atoms with Gasteiger partial charge in [-0.15, -0.1) is 5.10 Å². The van der Waals surface area contributed by atoms with E-state index in [-0.39, 0.29) is 11.6 Å². The maximum atomic E-state index is 13.7. The summed E-state index contributed by atoms with van der Waals surface area (Å²) in [7, 11) is 0. The number of rotatable bonds is 7. The Morgan fingerprint density at radius 2 is 1.79 bits per heavy atom. The second-order valence-electron chi connectivity index (χ2n) is 9.05. The van der Waals surface area contributed by atoms with Gasteiger partial charge in [-0.1, -0.05) is 54.2 Å². The molecule has 0 spiro atoms. The van der Waals surface area contributed by atoms with E-state index in [1.165, 1.54) is 23.9 Å². The monoisotopic (exact) mass is 526 g/mol. The van der Waals surface area contributed by atoms with Gasteiger partial charge in [0.15, 0.2) is 0 Å². The van der Waals surface area contributed by atoms with Crippen LogP contribution in [-0.2, 0) is 10.5 Å². The molecule has 0 radical (unpaired) electrons. The number of aromatic nitrogens is 3. The van der Waals surface area contributed by atoms with Crippen molar-refractivity contribution in [3.8, 4) is 0 Å². The van der Waals surface area contributed by atoms with E-state index in [0.29, 0.717) is 33.7 Å². The number of anilines is 2. The average molecular weight is 527 g/mol. The molecule has 10 heteroatoms. The number of fused-ring (bicyclic) bond motifs is 1. The molecule has 2 heterocycles. The summed E-state index contributed by atoms with van der Waals surface area (Å²) in [6.45, 7) is 5.78. The molecule has 5 rings (SSSR count). The van der Waals surface area contributed by atoms with Gasteiger partial charge in [-0.05, 0) is 61.2 Å². The Labute approximate surface area is 224 Å². The molecular formula is C28H26N6O3S. The van der Waals surface area contributed by atoms with Crippen LogP contribution >= 0.6 is 11.8 Å². The third-order valence-electron chi connectivity index (χ3n) is 6.56. The number of thioether (sulfide) groups is 1. The molecule has 1 atom stereocenters. The highest BCUT2D eigenvalue weighted by atomic mass is 32.2. The molecule has 0 saturated heterocycles.